The van der Waals surface area contributed by atoms with Crippen molar-refractivity contribution in [2.24, 2.45) is 10.9 Å². The number of hydrogen-bond acceptors (Lipinski definition) is 1. The lowest BCUT2D eigenvalue weighted by Gasteiger charge is -2.10. The van der Waals surface area contributed by atoms with Gasteiger partial charge in [-0.15, -0.1) is 0 Å². The second-order valence-corrected chi connectivity index (χ2v) is 8.28. The summed E-state index contributed by atoms with van der Waals surface area (Å²) in [5, 5.41) is 0. The first-order valence-electron chi connectivity index (χ1n) is 7.45. The van der Waals surface area contributed by atoms with Gasteiger partial charge in [-0.05, 0) is 18.1 Å². The van der Waals surface area contributed by atoms with Crippen molar-refractivity contribution in [1.29, 1.82) is 0 Å². The Hall–Kier alpha value is -1.54. The van der Waals surface area contributed by atoms with E-state index >= 15 is 0 Å². The molecular weight excluding hydrogens is 258 g/mol. The van der Waals surface area contributed by atoms with Crippen LogP contribution in [-0.2, 0) is 0 Å². The Bertz CT molecular complexity index is 647. The van der Waals surface area contributed by atoms with Crippen molar-refractivity contribution in [3.8, 4) is 0 Å². The molecule has 1 atom stereocenters. The molecule has 102 valence electrons. The molecule has 20 heavy (non-hydrogen) atoms. The molecule has 2 aliphatic carbocycles. The highest BCUT2D eigenvalue weighted by molar-refractivity contribution is 6.77. The summed E-state index contributed by atoms with van der Waals surface area (Å²) in [5.41, 5.74) is 8.99. The summed E-state index contributed by atoms with van der Waals surface area (Å²) >= 11 is 0. The molecule has 0 N–H and O–H groups in total. The molecule has 1 nitrogen and oxygen atoms in total. The number of hydrogen-bond donors (Lipinski definition) is 0. The number of rotatable bonds is 4. The van der Waals surface area contributed by atoms with Crippen molar-refractivity contribution < 1.29 is 0 Å². The zero-order chi connectivity index (χ0) is 14.1. The lowest BCUT2D eigenvalue weighted by Crippen LogP contribution is -2.13. The van der Waals surface area contributed by atoms with Gasteiger partial charge >= 0.3 is 0 Å². The Morgan fingerprint density at radius 1 is 1.30 bits per heavy atom. The van der Waals surface area contributed by atoms with Crippen molar-refractivity contribution in [1.82, 2.24) is 0 Å². The summed E-state index contributed by atoms with van der Waals surface area (Å²) in [6.07, 6.45) is 15.9. The Morgan fingerprint density at radius 2 is 2.15 bits per heavy atom. The van der Waals surface area contributed by atoms with Crippen LogP contribution in [0.2, 0.25) is 13.1 Å². The van der Waals surface area contributed by atoms with E-state index in [4.69, 9.17) is 4.99 Å². The Morgan fingerprint density at radius 3 is 2.90 bits per heavy atom. The van der Waals surface area contributed by atoms with Crippen LogP contribution in [0.15, 0.2) is 63.9 Å². The predicted octanol–water partition coefficient (Wildman–Crippen LogP) is 4.24. The second-order valence-electron chi connectivity index (χ2n) is 5.83. The van der Waals surface area contributed by atoms with Crippen LogP contribution in [0.4, 0.5) is 0 Å². The molecule has 0 fully saturated rings. The zero-order valence-electron chi connectivity index (χ0n) is 12.5. The van der Waals surface area contributed by atoms with Crippen LogP contribution in [-0.4, -0.2) is 19.8 Å². The van der Waals surface area contributed by atoms with E-state index in [1.54, 1.807) is 0 Å². The highest BCUT2D eigenvalue weighted by Crippen LogP contribution is 2.37. The molecule has 1 aliphatic heterocycles. The van der Waals surface area contributed by atoms with Crippen molar-refractivity contribution in [3.63, 3.8) is 0 Å². The summed E-state index contributed by atoms with van der Waals surface area (Å²) in [6.45, 7) is 6.87. The fraction of sp³-hybridized carbons (Fsp3) is 0.333. The van der Waals surface area contributed by atoms with E-state index in [0.717, 1.165) is 5.70 Å². The average molecular weight is 279 g/mol. The van der Waals surface area contributed by atoms with E-state index in [1.165, 1.54) is 35.3 Å². The van der Waals surface area contributed by atoms with Gasteiger partial charge in [-0.3, -0.25) is 0 Å². The van der Waals surface area contributed by atoms with E-state index in [9.17, 15) is 0 Å². The van der Waals surface area contributed by atoms with Crippen molar-refractivity contribution in [3.05, 3.63) is 58.9 Å². The van der Waals surface area contributed by atoms with Crippen LogP contribution in [0.5, 0.6) is 0 Å². The second kappa shape index (κ2) is 5.45. The number of fused-ring (bicyclic) bond motifs is 1. The maximum atomic E-state index is 4.84. The summed E-state index contributed by atoms with van der Waals surface area (Å²) in [5.74, 6) is 0.413. The van der Waals surface area contributed by atoms with Gasteiger partial charge in [0.25, 0.3) is 0 Å². The van der Waals surface area contributed by atoms with Gasteiger partial charge < -0.3 is 0 Å². The van der Waals surface area contributed by atoms with Gasteiger partial charge in [0, 0.05) is 19.9 Å². The predicted molar refractivity (Wildman–Crippen MR) is 90.9 cm³/mol. The molecule has 0 saturated carbocycles. The summed E-state index contributed by atoms with van der Waals surface area (Å²) in [4.78, 5) is 4.84. The maximum absolute atomic E-state index is 4.84. The van der Waals surface area contributed by atoms with Crippen molar-refractivity contribution in [2.75, 3.05) is 0 Å². The summed E-state index contributed by atoms with van der Waals surface area (Å²) in [7, 11) is -0.419. The average Bonchev–Trinajstić information content (AvgIpc) is 3.04. The van der Waals surface area contributed by atoms with Gasteiger partial charge in [0.1, 0.15) is 0 Å². The third kappa shape index (κ3) is 2.40. The normalized spacial score (nSPS) is 22.9. The summed E-state index contributed by atoms with van der Waals surface area (Å²) < 4.78 is 0. The van der Waals surface area contributed by atoms with Gasteiger partial charge in [0.15, 0.2) is 0 Å². The first-order valence-corrected chi connectivity index (χ1v) is 10.0. The monoisotopic (exact) mass is 279 g/mol. The van der Waals surface area contributed by atoms with Crippen LogP contribution in [0.1, 0.15) is 19.8 Å². The van der Waals surface area contributed by atoms with Crippen LogP contribution in [0.25, 0.3) is 0 Å². The largest absolute Gasteiger partial charge is 0.248 e. The van der Waals surface area contributed by atoms with Crippen LogP contribution in [0, 0.1) is 5.92 Å². The van der Waals surface area contributed by atoms with Crippen LogP contribution in [0.3, 0.4) is 0 Å². The molecule has 0 aromatic heterocycles. The molecule has 0 aromatic carbocycles. The minimum absolute atomic E-state index is 0.413. The molecule has 0 radical (unpaired) electrons. The molecule has 1 unspecified atom stereocenters. The smallest absolute Gasteiger partial charge is 0.0713 e. The van der Waals surface area contributed by atoms with Crippen molar-refractivity contribution in [2.45, 2.75) is 32.9 Å². The SMILES string of the molecule is CCCC1=CC(C2=C3C=CC=C3N=C2C=[Si](C)C)C=C1. The highest BCUT2D eigenvalue weighted by atomic mass is 28.2. The zero-order valence-corrected chi connectivity index (χ0v) is 13.5. The number of nitrogens with zero attached hydrogens (tertiary/aromatic N) is 1. The summed E-state index contributed by atoms with van der Waals surface area (Å²) in [6, 6.07) is 0. The van der Waals surface area contributed by atoms with Gasteiger partial charge in [0.2, 0.25) is 0 Å². The molecule has 2 heteroatoms. The van der Waals surface area contributed by atoms with Crippen molar-refractivity contribution >= 4 is 19.8 Å². The van der Waals surface area contributed by atoms with E-state index < -0.39 is 8.41 Å². The molecule has 3 rings (SSSR count). The molecule has 0 aromatic rings. The molecule has 0 bridgehead atoms. The van der Waals surface area contributed by atoms with Gasteiger partial charge in [-0.25, -0.2) is 4.99 Å². The third-order valence-electron chi connectivity index (χ3n) is 3.81. The van der Waals surface area contributed by atoms with E-state index in [2.05, 4.69) is 62.1 Å². The third-order valence-corrected chi connectivity index (χ3v) is 4.66. The molecule has 0 spiro atoms. The van der Waals surface area contributed by atoms with Crippen LogP contribution < -0.4 is 0 Å². The van der Waals surface area contributed by atoms with Crippen LogP contribution >= 0.6 is 0 Å². The minimum Gasteiger partial charge on any atom is -0.248 e. The van der Waals surface area contributed by atoms with E-state index in [0.29, 0.717) is 5.92 Å². The molecule has 0 saturated heterocycles. The van der Waals surface area contributed by atoms with E-state index in [-0.39, 0.29) is 0 Å². The molecular formula is C18H21NSi. The topological polar surface area (TPSA) is 12.4 Å². The Balaban J connectivity index is 1.99. The van der Waals surface area contributed by atoms with E-state index in [1.807, 2.05) is 0 Å². The van der Waals surface area contributed by atoms with Gasteiger partial charge in [-0.1, -0.05) is 68.1 Å². The number of allylic oxidation sites excluding steroid dienone is 8. The standard InChI is InChI=1S/C18H21NSi/c1-4-6-13-9-10-14(11-13)18-15-7-5-8-16(15)19-17(18)12-20(2)3/h5,7-12,14H,4,6H2,1-3H3. The molecule has 0 amide bonds. The lowest BCUT2D eigenvalue weighted by atomic mass is 9.93. The molecule has 1 heterocycles. The lowest BCUT2D eigenvalue weighted by molar-refractivity contribution is 0.920. The quantitative estimate of drug-likeness (QED) is 0.682. The Kier molecular flexibility index (Phi) is 3.66. The van der Waals surface area contributed by atoms with Gasteiger partial charge in [0.05, 0.1) is 11.4 Å². The maximum Gasteiger partial charge on any atom is 0.0713 e. The fourth-order valence-corrected chi connectivity index (χ4v) is 3.77. The van der Waals surface area contributed by atoms with Gasteiger partial charge in [-0.2, -0.15) is 0 Å². The Labute approximate surface area is 123 Å². The highest BCUT2D eigenvalue weighted by Gasteiger charge is 2.27. The number of aliphatic imine (C=N–C) groups is 1. The molecule has 3 aliphatic rings. The first kappa shape index (κ1) is 13.4. The fourth-order valence-electron chi connectivity index (χ4n) is 3.00. The minimum atomic E-state index is -0.419. The first-order chi connectivity index (χ1) is 9.69.